The zero-order valence-electron chi connectivity index (χ0n) is 13.3. The average molecular weight is 339 g/mol. The summed E-state index contributed by atoms with van der Waals surface area (Å²) >= 11 is 6.09. The van der Waals surface area contributed by atoms with Gasteiger partial charge in [-0.25, -0.2) is 0 Å². The van der Waals surface area contributed by atoms with E-state index < -0.39 is 0 Å². The van der Waals surface area contributed by atoms with Gasteiger partial charge >= 0.3 is 0 Å². The van der Waals surface area contributed by atoms with Crippen molar-refractivity contribution in [1.29, 1.82) is 0 Å². The van der Waals surface area contributed by atoms with Crippen LogP contribution >= 0.6 is 11.6 Å². The molecule has 2 unspecified atom stereocenters. The van der Waals surface area contributed by atoms with Crippen LogP contribution in [0, 0.1) is 0 Å². The Hall–Kier alpha value is -1.50. The predicted molar refractivity (Wildman–Crippen MR) is 92.5 cm³/mol. The summed E-state index contributed by atoms with van der Waals surface area (Å²) in [6.07, 6.45) is 3.20. The zero-order chi connectivity index (χ0) is 16.2. The van der Waals surface area contributed by atoms with Crippen LogP contribution in [0.2, 0.25) is 5.02 Å². The van der Waals surface area contributed by atoms with Gasteiger partial charge in [0.25, 0.3) is 0 Å². The van der Waals surface area contributed by atoms with Gasteiger partial charge in [-0.1, -0.05) is 11.6 Å². The summed E-state index contributed by atoms with van der Waals surface area (Å²) in [4.78, 5) is 6.79. The zero-order valence-corrected chi connectivity index (χ0v) is 14.1. The van der Waals surface area contributed by atoms with E-state index in [0.717, 1.165) is 25.3 Å². The van der Waals surface area contributed by atoms with Crippen molar-refractivity contribution in [2.75, 3.05) is 38.6 Å². The van der Waals surface area contributed by atoms with Crippen LogP contribution in [-0.4, -0.2) is 56.4 Å². The molecule has 3 rings (SSSR count). The predicted octanol–water partition coefficient (Wildman–Crippen LogP) is 1.94. The first-order valence-corrected chi connectivity index (χ1v) is 8.30. The lowest BCUT2D eigenvalue weighted by Gasteiger charge is -2.31. The van der Waals surface area contributed by atoms with E-state index in [1.165, 1.54) is 12.8 Å². The molecular formula is C16H23ClN4O2. The van der Waals surface area contributed by atoms with Gasteiger partial charge in [-0.15, -0.1) is 0 Å². The molecule has 0 aliphatic carbocycles. The van der Waals surface area contributed by atoms with E-state index in [4.69, 9.17) is 26.8 Å². The second-order valence-corrected chi connectivity index (χ2v) is 6.37. The van der Waals surface area contributed by atoms with E-state index in [1.807, 2.05) is 6.07 Å². The van der Waals surface area contributed by atoms with Crippen molar-refractivity contribution in [3.63, 3.8) is 0 Å². The second-order valence-electron chi connectivity index (χ2n) is 5.96. The molecule has 2 atom stereocenters. The standard InChI is InChI=1S/C16H23ClN4O2/c1-22-15-5-2-11(8-14(15)17)20-16(18)19-6-7-21-9-12-3-4-13(10-21)23-12/h2,5,8,12-13H,3-4,6-7,9-10H2,1H3,(H3,18,19,20). The fraction of sp³-hybridized carbons (Fsp3) is 0.562. The smallest absolute Gasteiger partial charge is 0.193 e. The number of guanidine groups is 1. The summed E-state index contributed by atoms with van der Waals surface area (Å²) in [7, 11) is 1.59. The largest absolute Gasteiger partial charge is 0.495 e. The molecule has 2 saturated heterocycles. The number of hydrogen-bond acceptors (Lipinski definition) is 4. The minimum atomic E-state index is 0.391. The first kappa shape index (κ1) is 16.4. The Kier molecular flexibility index (Phi) is 5.25. The summed E-state index contributed by atoms with van der Waals surface area (Å²) in [5.74, 6) is 1.03. The molecule has 2 heterocycles. The minimum Gasteiger partial charge on any atom is -0.495 e. The van der Waals surface area contributed by atoms with E-state index in [2.05, 4.69) is 15.2 Å². The average Bonchev–Trinajstić information content (AvgIpc) is 2.86. The van der Waals surface area contributed by atoms with Gasteiger partial charge in [0.2, 0.25) is 0 Å². The molecule has 7 heteroatoms. The number of nitrogens with two attached hydrogens (primary N) is 1. The van der Waals surface area contributed by atoms with E-state index in [9.17, 15) is 0 Å². The van der Waals surface area contributed by atoms with Gasteiger partial charge in [0.15, 0.2) is 5.96 Å². The van der Waals surface area contributed by atoms with E-state index in [-0.39, 0.29) is 0 Å². The van der Waals surface area contributed by atoms with E-state index in [1.54, 1.807) is 19.2 Å². The molecule has 0 radical (unpaired) electrons. The van der Waals surface area contributed by atoms with Crippen LogP contribution < -0.4 is 15.8 Å². The van der Waals surface area contributed by atoms with Crippen molar-refractivity contribution in [3.05, 3.63) is 23.2 Å². The third-order valence-corrected chi connectivity index (χ3v) is 4.54. The summed E-state index contributed by atoms with van der Waals surface area (Å²) in [5.41, 5.74) is 6.72. The molecule has 0 amide bonds. The topological polar surface area (TPSA) is 72.1 Å². The van der Waals surface area contributed by atoms with Crippen LogP contribution in [0.3, 0.4) is 0 Å². The number of hydrogen-bond donors (Lipinski definition) is 2. The van der Waals surface area contributed by atoms with Crippen LogP contribution in [0.15, 0.2) is 23.2 Å². The Bertz CT molecular complexity index is 569. The number of benzene rings is 1. The maximum atomic E-state index is 6.09. The second kappa shape index (κ2) is 7.38. The summed E-state index contributed by atoms with van der Waals surface area (Å²) in [5, 5.41) is 3.58. The minimum absolute atomic E-state index is 0.391. The molecule has 0 aromatic heterocycles. The van der Waals surface area contributed by atoms with E-state index >= 15 is 0 Å². The number of nitrogens with zero attached hydrogens (tertiary/aromatic N) is 2. The van der Waals surface area contributed by atoms with Crippen LogP contribution in [0.4, 0.5) is 5.69 Å². The quantitative estimate of drug-likeness (QED) is 0.634. The molecule has 1 aromatic rings. The molecular weight excluding hydrogens is 316 g/mol. The van der Waals surface area contributed by atoms with Crippen molar-refractivity contribution in [1.82, 2.24) is 4.90 Å². The number of likely N-dealkylation sites (tertiary alicyclic amines) is 1. The van der Waals surface area contributed by atoms with Gasteiger partial charge in [0.1, 0.15) is 5.75 Å². The first-order valence-electron chi connectivity index (χ1n) is 7.92. The lowest BCUT2D eigenvalue weighted by molar-refractivity contribution is -0.0370. The van der Waals surface area contributed by atoms with Crippen molar-refractivity contribution < 1.29 is 9.47 Å². The van der Waals surface area contributed by atoms with Crippen LogP contribution in [0.5, 0.6) is 5.75 Å². The Morgan fingerprint density at radius 2 is 2.17 bits per heavy atom. The first-order chi connectivity index (χ1) is 11.1. The van der Waals surface area contributed by atoms with Gasteiger partial charge in [-0.3, -0.25) is 9.89 Å². The van der Waals surface area contributed by atoms with Crippen molar-refractivity contribution in [2.45, 2.75) is 25.0 Å². The summed E-state index contributed by atoms with van der Waals surface area (Å²) in [6, 6.07) is 5.41. The highest BCUT2D eigenvalue weighted by atomic mass is 35.5. The number of rotatable bonds is 5. The van der Waals surface area contributed by atoms with Gasteiger partial charge in [0.05, 0.1) is 30.9 Å². The van der Waals surface area contributed by atoms with Crippen molar-refractivity contribution >= 4 is 23.2 Å². The lowest BCUT2D eigenvalue weighted by Crippen LogP contribution is -2.43. The molecule has 2 fully saturated rings. The molecule has 23 heavy (non-hydrogen) atoms. The maximum Gasteiger partial charge on any atom is 0.193 e. The molecule has 6 nitrogen and oxygen atoms in total. The Morgan fingerprint density at radius 1 is 1.43 bits per heavy atom. The summed E-state index contributed by atoms with van der Waals surface area (Å²) in [6.45, 7) is 3.59. The van der Waals surface area contributed by atoms with Gasteiger partial charge < -0.3 is 20.5 Å². The third-order valence-electron chi connectivity index (χ3n) is 4.24. The van der Waals surface area contributed by atoms with Crippen molar-refractivity contribution in [2.24, 2.45) is 10.7 Å². The van der Waals surface area contributed by atoms with Gasteiger partial charge in [-0.05, 0) is 31.0 Å². The number of ether oxygens (including phenoxy) is 2. The SMILES string of the molecule is COc1ccc(NC(N)=NCCN2CC3CCC(C2)O3)cc1Cl. The number of nitrogens with one attached hydrogen (secondary N) is 1. The van der Waals surface area contributed by atoms with Gasteiger partial charge in [-0.2, -0.15) is 0 Å². The fourth-order valence-electron chi connectivity index (χ4n) is 3.13. The molecule has 1 aromatic carbocycles. The molecule has 0 spiro atoms. The fourth-order valence-corrected chi connectivity index (χ4v) is 3.38. The van der Waals surface area contributed by atoms with Crippen molar-refractivity contribution in [3.8, 4) is 5.75 Å². The number of methoxy groups -OCH3 is 1. The number of aliphatic imine (C=N–C) groups is 1. The molecule has 2 aliphatic heterocycles. The summed E-state index contributed by atoms with van der Waals surface area (Å²) < 4.78 is 10.9. The number of halogens is 1. The Labute approximate surface area is 141 Å². The monoisotopic (exact) mass is 338 g/mol. The molecule has 0 saturated carbocycles. The van der Waals surface area contributed by atoms with Crippen LogP contribution in [0.25, 0.3) is 0 Å². The van der Waals surface area contributed by atoms with Crippen LogP contribution in [0.1, 0.15) is 12.8 Å². The normalized spacial score (nSPS) is 24.7. The van der Waals surface area contributed by atoms with E-state index in [0.29, 0.717) is 35.5 Å². The van der Waals surface area contributed by atoms with Gasteiger partial charge in [0, 0.05) is 25.3 Å². The molecule has 2 bridgehead atoms. The highest BCUT2D eigenvalue weighted by Gasteiger charge is 2.33. The van der Waals surface area contributed by atoms with Crippen LogP contribution in [-0.2, 0) is 4.74 Å². The lowest BCUT2D eigenvalue weighted by atomic mass is 10.2. The maximum absolute atomic E-state index is 6.09. The molecule has 3 N–H and O–H groups in total. The number of anilines is 1. The Balaban J connectivity index is 1.47. The molecule has 2 aliphatic rings. The Morgan fingerprint density at radius 3 is 2.83 bits per heavy atom. The highest BCUT2D eigenvalue weighted by molar-refractivity contribution is 6.32. The third kappa shape index (κ3) is 4.28. The number of morpholine rings is 1. The highest BCUT2D eigenvalue weighted by Crippen LogP contribution is 2.27. The molecule has 126 valence electrons. The number of fused-ring (bicyclic) bond motifs is 2.